The fourth-order valence-corrected chi connectivity index (χ4v) is 1.31. The van der Waals surface area contributed by atoms with Crippen LogP contribution in [0.4, 0.5) is 0 Å². The molecule has 5 heteroatoms. The molecule has 0 bridgehead atoms. The number of hydrogen-bond acceptors (Lipinski definition) is 4. The summed E-state index contributed by atoms with van der Waals surface area (Å²) < 4.78 is 4.84. The van der Waals surface area contributed by atoms with Crippen molar-refractivity contribution in [2.45, 2.75) is 6.10 Å². The average molecular weight is 194 g/mol. The smallest absolute Gasteiger partial charge is 0.408 e. The van der Waals surface area contributed by atoms with Gasteiger partial charge in [0.15, 0.2) is 5.58 Å². The quantitative estimate of drug-likeness (QED) is 0.632. The summed E-state index contributed by atoms with van der Waals surface area (Å²) in [5, 5.41) is 9.44. The van der Waals surface area contributed by atoms with Crippen LogP contribution in [0.3, 0.4) is 0 Å². The van der Waals surface area contributed by atoms with Crippen molar-refractivity contribution in [3.63, 3.8) is 0 Å². The normalized spacial score (nSPS) is 13.3. The summed E-state index contributed by atoms with van der Waals surface area (Å²) in [6.45, 7) is 0.139. The molecule has 0 radical (unpaired) electrons. The van der Waals surface area contributed by atoms with Gasteiger partial charge in [0.2, 0.25) is 0 Å². The SMILES string of the molecule is NCC(O)c1ccc2[nH]c(=O)oc2c1. The van der Waals surface area contributed by atoms with Gasteiger partial charge in [-0.05, 0) is 17.7 Å². The predicted octanol–water partition coefficient (Wildman–Crippen LogP) is 0.113. The summed E-state index contributed by atoms with van der Waals surface area (Å²) in [5.74, 6) is -0.501. The first-order chi connectivity index (χ1) is 6.70. The molecule has 5 nitrogen and oxygen atoms in total. The highest BCUT2D eigenvalue weighted by atomic mass is 16.4. The van der Waals surface area contributed by atoms with Gasteiger partial charge in [-0.2, -0.15) is 0 Å². The molecule has 1 aromatic carbocycles. The molecule has 2 aromatic rings. The lowest BCUT2D eigenvalue weighted by Gasteiger charge is -2.06. The van der Waals surface area contributed by atoms with Gasteiger partial charge < -0.3 is 15.3 Å². The number of aliphatic hydroxyl groups excluding tert-OH is 1. The van der Waals surface area contributed by atoms with E-state index in [1.165, 1.54) is 0 Å². The van der Waals surface area contributed by atoms with Crippen LogP contribution >= 0.6 is 0 Å². The molecule has 1 heterocycles. The van der Waals surface area contributed by atoms with E-state index in [1.54, 1.807) is 18.2 Å². The van der Waals surface area contributed by atoms with Crippen LogP contribution in [-0.2, 0) is 0 Å². The monoisotopic (exact) mass is 194 g/mol. The van der Waals surface area contributed by atoms with Crippen molar-refractivity contribution >= 4 is 11.1 Å². The molecule has 2 rings (SSSR count). The Morgan fingerprint density at radius 2 is 2.36 bits per heavy atom. The zero-order valence-corrected chi connectivity index (χ0v) is 7.36. The number of oxazole rings is 1. The lowest BCUT2D eigenvalue weighted by Crippen LogP contribution is -2.11. The molecule has 0 aliphatic rings. The zero-order chi connectivity index (χ0) is 10.1. The van der Waals surface area contributed by atoms with Crippen molar-refractivity contribution < 1.29 is 9.52 Å². The molecular formula is C9H10N2O3. The third kappa shape index (κ3) is 1.43. The number of aliphatic hydroxyl groups is 1. The summed E-state index contributed by atoms with van der Waals surface area (Å²) in [6.07, 6.45) is -0.723. The Morgan fingerprint density at radius 1 is 1.57 bits per heavy atom. The Labute approximate surface area is 79.2 Å². The maximum atomic E-state index is 10.8. The first kappa shape index (κ1) is 8.98. The average Bonchev–Trinajstić information content (AvgIpc) is 2.55. The molecule has 0 aliphatic heterocycles. The van der Waals surface area contributed by atoms with E-state index in [9.17, 15) is 9.90 Å². The van der Waals surface area contributed by atoms with Crippen LogP contribution in [0.5, 0.6) is 0 Å². The summed E-state index contributed by atoms with van der Waals surface area (Å²) in [6, 6.07) is 4.98. The lowest BCUT2D eigenvalue weighted by molar-refractivity contribution is 0.187. The number of aromatic nitrogens is 1. The van der Waals surface area contributed by atoms with Gasteiger partial charge in [0.25, 0.3) is 0 Å². The molecule has 4 N–H and O–H groups in total. The highest BCUT2D eigenvalue weighted by Crippen LogP contribution is 2.17. The highest BCUT2D eigenvalue weighted by Gasteiger charge is 2.07. The third-order valence-corrected chi connectivity index (χ3v) is 2.05. The zero-order valence-electron chi connectivity index (χ0n) is 7.36. The van der Waals surface area contributed by atoms with E-state index < -0.39 is 11.9 Å². The lowest BCUT2D eigenvalue weighted by atomic mass is 10.1. The van der Waals surface area contributed by atoms with Gasteiger partial charge in [-0.3, -0.25) is 4.98 Å². The number of hydrogen-bond donors (Lipinski definition) is 3. The van der Waals surface area contributed by atoms with Crippen molar-refractivity contribution in [3.8, 4) is 0 Å². The Balaban J connectivity index is 2.55. The molecule has 1 unspecified atom stereocenters. The van der Waals surface area contributed by atoms with E-state index in [0.717, 1.165) is 0 Å². The number of nitrogens with two attached hydrogens (primary N) is 1. The van der Waals surface area contributed by atoms with E-state index in [4.69, 9.17) is 10.2 Å². The van der Waals surface area contributed by atoms with Crippen molar-refractivity contribution in [1.82, 2.24) is 4.98 Å². The van der Waals surface area contributed by atoms with Crippen molar-refractivity contribution in [2.24, 2.45) is 5.73 Å². The second-order valence-corrected chi connectivity index (χ2v) is 3.02. The number of fused-ring (bicyclic) bond motifs is 1. The molecule has 0 saturated heterocycles. The minimum atomic E-state index is -0.723. The van der Waals surface area contributed by atoms with E-state index >= 15 is 0 Å². The van der Waals surface area contributed by atoms with E-state index in [-0.39, 0.29) is 6.54 Å². The maximum Gasteiger partial charge on any atom is 0.417 e. The molecule has 0 aliphatic carbocycles. The van der Waals surface area contributed by atoms with Gasteiger partial charge in [-0.15, -0.1) is 0 Å². The molecule has 74 valence electrons. The Morgan fingerprint density at radius 3 is 3.07 bits per heavy atom. The summed E-state index contributed by atoms with van der Waals surface area (Å²) in [5.41, 5.74) is 6.99. The first-order valence-electron chi connectivity index (χ1n) is 4.21. The van der Waals surface area contributed by atoms with Gasteiger partial charge in [-0.25, -0.2) is 4.79 Å². The third-order valence-electron chi connectivity index (χ3n) is 2.05. The molecule has 1 aromatic heterocycles. The maximum absolute atomic E-state index is 10.8. The van der Waals surface area contributed by atoms with Gasteiger partial charge in [0, 0.05) is 6.54 Å². The molecule has 14 heavy (non-hydrogen) atoms. The van der Waals surface area contributed by atoms with Gasteiger partial charge >= 0.3 is 5.76 Å². The molecule has 1 atom stereocenters. The fraction of sp³-hybridized carbons (Fsp3) is 0.222. The molecule has 0 amide bonds. The number of H-pyrrole nitrogens is 1. The Hall–Kier alpha value is -1.59. The number of nitrogens with one attached hydrogen (secondary N) is 1. The van der Waals surface area contributed by atoms with Gasteiger partial charge in [0.05, 0.1) is 11.6 Å². The molecule has 0 spiro atoms. The van der Waals surface area contributed by atoms with Crippen LogP contribution in [0, 0.1) is 0 Å². The van der Waals surface area contributed by atoms with E-state index in [0.29, 0.717) is 16.7 Å². The largest absolute Gasteiger partial charge is 0.417 e. The number of aromatic amines is 1. The number of benzene rings is 1. The van der Waals surface area contributed by atoms with Crippen LogP contribution in [-0.4, -0.2) is 16.6 Å². The molecule has 0 saturated carbocycles. The summed E-state index contributed by atoms with van der Waals surface area (Å²) >= 11 is 0. The van der Waals surface area contributed by atoms with Crippen molar-refractivity contribution in [2.75, 3.05) is 6.54 Å². The minimum absolute atomic E-state index is 0.139. The Kier molecular flexibility index (Phi) is 2.11. The minimum Gasteiger partial charge on any atom is -0.408 e. The predicted molar refractivity (Wildman–Crippen MR) is 50.8 cm³/mol. The molecule has 0 fully saturated rings. The summed E-state index contributed by atoms with van der Waals surface area (Å²) in [4.78, 5) is 13.3. The van der Waals surface area contributed by atoms with Crippen molar-refractivity contribution in [1.29, 1.82) is 0 Å². The topological polar surface area (TPSA) is 92.2 Å². The van der Waals surface area contributed by atoms with Crippen LogP contribution in [0.15, 0.2) is 27.4 Å². The van der Waals surface area contributed by atoms with Crippen molar-refractivity contribution in [3.05, 3.63) is 34.3 Å². The van der Waals surface area contributed by atoms with Crippen LogP contribution in [0.1, 0.15) is 11.7 Å². The van der Waals surface area contributed by atoms with E-state index in [1.807, 2.05) is 0 Å². The van der Waals surface area contributed by atoms with Gasteiger partial charge in [-0.1, -0.05) is 6.07 Å². The van der Waals surface area contributed by atoms with Crippen LogP contribution < -0.4 is 11.5 Å². The highest BCUT2D eigenvalue weighted by molar-refractivity contribution is 5.72. The summed E-state index contributed by atoms with van der Waals surface area (Å²) in [7, 11) is 0. The fourth-order valence-electron chi connectivity index (χ4n) is 1.31. The number of rotatable bonds is 2. The van der Waals surface area contributed by atoms with Crippen LogP contribution in [0.25, 0.3) is 11.1 Å². The second-order valence-electron chi connectivity index (χ2n) is 3.02. The second kappa shape index (κ2) is 3.28. The van der Waals surface area contributed by atoms with E-state index in [2.05, 4.69) is 4.98 Å². The first-order valence-corrected chi connectivity index (χ1v) is 4.21. The standard InChI is InChI=1S/C9H10N2O3/c10-4-7(12)5-1-2-6-8(3-5)14-9(13)11-6/h1-3,7,12H,4,10H2,(H,11,13). The van der Waals surface area contributed by atoms with Gasteiger partial charge in [0.1, 0.15) is 0 Å². The van der Waals surface area contributed by atoms with Crippen LogP contribution in [0.2, 0.25) is 0 Å². The Bertz CT molecular complexity index is 500. The molecular weight excluding hydrogens is 184 g/mol.